The monoisotopic (exact) mass is 398 g/mol. The quantitative estimate of drug-likeness (QED) is 0.124. The molecule has 1 atom stereocenters. The van der Waals surface area contributed by atoms with Gasteiger partial charge in [-0.15, -0.1) is 0 Å². The van der Waals surface area contributed by atoms with Gasteiger partial charge in [0.15, 0.2) is 0 Å². The average Bonchev–Trinajstić information content (AvgIpc) is 2.65. The van der Waals surface area contributed by atoms with Crippen molar-refractivity contribution in [1.82, 2.24) is 0 Å². The average molecular weight is 399 g/mol. The fourth-order valence-corrected chi connectivity index (χ4v) is 3.30. The molecule has 0 N–H and O–H groups in total. The van der Waals surface area contributed by atoms with Crippen LogP contribution in [0.2, 0.25) is 0 Å². The number of unbranched alkanes of at least 4 members (excludes halogenated alkanes) is 13. The van der Waals surface area contributed by atoms with E-state index in [1.54, 1.807) is 0 Å². The van der Waals surface area contributed by atoms with Crippen molar-refractivity contribution in [2.45, 2.75) is 136 Å². The Kier molecular flexibility index (Phi) is 19.9. The maximum absolute atomic E-state index is 11.8. The Labute approximate surface area is 174 Å². The van der Waals surface area contributed by atoms with E-state index < -0.39 is 11.9 Å². The van der Waals surface area contributed by atoms with Gasteiger partial charge in [0.1, 0.15) is 6.42 Å². The molecule has 28 heavy (non-hydrogen) atoms. The van der Waals surface area contributed by atoms with Crippen LogP contribution in [0.4, 0.5) is 0 Å². The summed E-state index contributed by atoms with van der Waals surface area (Å²) in [5.41, 5.74) is 0. The molecule has 0 bridgehead atoms. The number of hydrogen-bond donors (Lipinski definition) is 0. The number of rotatable bonds is 20. The van der Waals surface area contributed by atoms with Crippen LogP contribution in [0, 0.1) is 0 Å². The largest absolute Gasteiger partial charge is 0.465 e. The summed E-state index contributed by atoms with van der Waals surface area (Å²) in [6.45, 7) is 6.76. The lowest BCUT2D eigenvalue weighted by Crippen LogP contribution is -2.19. The molecule has 0 heterocycles. The Bertz CT molecular complexity index is 368. The van der Waals surface area contributed by atoms with Crippen LogP contribution in [0.1, 0.15) is 130 Å². The molecule has 166 valence electrons. The molecule has 0 rings (SSSR count). The summed E-state index contributed by atoms with van der Waals surface area (Å²) in [6, 6.07) is 0. The molecule has 0 saturated heterocycles. The van der Waals surface area contributed by atoms with Crippen LogP contribution in [-0.2, 0) is 19.1 Å². The van der Waals surface area contributed by atoms with Gasteiger partial charge in [0.2, 0.25) is 0 Å². The van der Waals surface area contributed by atoms with Gasteiger partial charge in [-0.3, -0.25) is 9.59 Å². The molecule has 4 heteroatoms. The summed E-state index contributed by atoms with van der Waals surface area (Å²) in [7, 11) is 0. The molecule has 0 amide bonds. The van der Waals surface area contributed by atoms with Gasteiger partial charge >= 0.3 is 11.9 Å². The summed E-state index contributed by atoms with van der Waals surface area (Å²) in [5.74, 6) is -0.924. The second-order valence-corrected chi connectivity index (χ2v) is 8.08. The van der Waals surface area contributed by atoms with E-state index in [1.807, 2.05) is 6.92 Å². The van der Waals surface area contributed by atoms with Crippen molar-refractivity contribution in [2.75, 3.05) is 6.61 Å². The Balaban J connectivity index is 3.49. The maximum Gasteiger partial charge on any atom is 0.317 e. The molecule has 1 unspecified atom stereocenters. The summed E-state index contributed by atoms with van der Waals surface area (Å²) in [6.07, 6.45) is 18.9. The van der Waals surface area contributed by atoms with Crippen LogP contribution >= 0.6 is 0 Å². The molecule has 0 aliphatic rings. The molecule has 0 aromatic carbocycles. The third kappa shape index (κ3) is 19.7. The van der Waals surface area contributed by atoms with Gasteiger partial charge in [0, 0.05) is 0 Å². The first-order chi connectivity index (χ1) is 13.6. The molecular weight excluding hydrogens is 352 g/mol. The Morgan fingerprint density at radius 1 is 0.643 bits per heavy atom. The van der Waals surface area contributed by atoms with Crippen LogP contribution < -0.4 is 0 Å². The summed E-state index contributed by atoms with van der Waals surface area (Å²) in [4.78, 5) is 23.5. The minimum Gasteiger partial charge on any atom is -0.465 e. The van der Waals surface area contributed by atoms with Crippen LogP contribution in [0.25, 0.3) is 0 Å². The first-order valence-electron chi connectivity index (χ1n) is 11.9. The molecular formula is C24H46O4. The van der Waals surface area contributed by atoms with E-state index >= 15 is 0 Å². The van der Waals surface area contributed by atoms with Gasteiger partial charge < -0.3 is 9.47 Å². The molecule has 0 radical (unpaired) electrons. The van der Waals surface area contributed by atoms with Gasteiger partial charge in [-0.05, 0) is 26.2 Å². The molecule has 4 nitrogen and oxygen atoms in total. The van der Waals surface area contributed by atoms with Crippen molar-refractivity contribution in [1.29, 1.82) is 0 Å². The second-order valence-electron chi connectivity index (χ2n) is 8.08. The Morgan fingerprint density at radius 2 is 1.11 bits per heavy atom. The highest BCUT2D eigenvalue weighted by molar-refractivity contribution is 5.91. The van der Waals surface area contributed by atoms with Crippen molar-refractivity contribution < 1.29 is 19.1 Å². The van der Waals surface area contributed by atoms with Gasteiger partial charge in [-0.1, -0.05) is 97.3 Å². The highest BCUT2D eigenvalue weighted by Crippen LogP contribution is 2.11. The Morgan fingerprint density at radius 3 is 1.64 bits per heavy atom. The van der Waals surface area contributed by atoms with Crippen LogP contribution in [-0.4, -0.2) is 24.6 Å². The van der Waals surface area contributed by atoms with Gasteiger partial charge in [-0.25, -0.2) is 0 Å². The lowest BCUT2D eigenvalue weighted by molar-refractivity contribution is -0.157. The third-order valence-corrected chi connectivity index (χ3v) is 5.10. The SMILES string of the molecule is CCCCCCCCCCCOC(=O)CC(=O)OC(C)CCCCCCCC. The van der Waals surface area contributed by atoms with Crippen molar-refractivity contribution in [3.8, 4) is 0 Å². The summed E-state index contributed by atoms with van der Waals surface area (Å²) >= 11 is 0. The number of hydrogen-bond acceptors (Lipinski definition) is 4. The fourth-order valence-electron chi connectivity index (χ4n) is 3.30. The highest BCUT2D eigenvalue weighted by atomic mass is 16.6. The molecule has 0 aromatic heterocycles. The smallest absolute Gasteiger partial charge is 0.317 e. The second kappa shape index (κ2) is 20.7. The first kappa shape index (κ1) is 26.9. The van der Waals surface area contributed by atoms with Gasteiger partial charge in [0.05, 0.1) is 12.7 Å². The molecule has 0 aliphatic carbocycles. The van der Waals surface area contributed by atoms with E-state index in [4.69, 9.17) is 9.47 Å². The summed E-state index contributed by atoms with van der Waals surface area (Å²) < 4.78 is 10.5. The minimum absolute atomic E-state index is 0.121. The standard InChI is InChI=1S/C24H46O4/c1-4-6-8-10-12-13-14-16-18-20-27-23(25)21-24(26)28-22(3)19-17-15-11-9-7-5-2/h22H,4-21H2,1-3H3. The highest BCUT2D eigenvalue weighted by Gasteiger charge is 2.15. The molecule has 0 fully saturated rings. The molecule has 0 spiro atoms. The van der Waals surface area contributed by atoms with E-state index in [9.17, 15) is 9.59 Å². The number of esters is 2. The van der Waals surface area contributed by atoms with E-state index in [2.05, 4.69) is 13.8 Å². The van der Waals surface area contributed by atoms with Gasteiger partial charge in [-0.2, -0.15) is 0 Å². The van der Waals surface area contributed by atoms with Crippen LogP contribution in [0.5, 0.6) is 0 Å². The van der Waals surface area contributed by atoms with E-state index in [1.165, 1.54) is 77.0 Å². The van der Waals surface area contributed by atoms with E-state index in [0.717, 1.165) is 25.7 Å². The van der Waals surface area contributed by atoms with E-state index in [0.29, 0.717) is 6.61 Å². The van der Waals surface area contributed by atoms with Crippen LogP contribution in [0.3, 0.4) is 0 Å². The predicted molar refractivity (Wildman–Crippen MR) is 116 cm³/mol. The Hall–Kier alpha value is -1.06. The number of carbonyl (C=O) groups excluding carboxylic acids is 2. The zero-order valence-electron chi connectivity index (χ0n) is 18.9. The lowest BCUT2D eigenvalue weighted by atomic mass is 10.1. The summed E-state index contributed by atoms with van der Waals surface area (Å²) in [5, 5.41) is 0. The van der Waals surface area contributed by atoms with Crippen LogP contribution in [0.15, 0.2) is 0 Å². The zero-order chi connectivity index (χ0) is 20.9. The fraction of sp³-hybridized carbons (Fsp3) is 0.917. The van der Waals surface area contributed by atoms with E-state index in [-0.39, 0.29) is 12.5 Å². The number of ether oxygens (including phenoxy) is 2. The van der Waals surface area contributed by atoms with Crippen molar-refractivity contribution >= 4 is 11.9 Å². The normalized spacial score (nSPS) is 12.0. The molecule has 0 aliphatic heterocycles. The third-order valence-electron chi connectivity index (χ3n) is 5.10. The number of carbonyl (C=O) groups is 2. The minimum atomic E-state index is -0.462. The maximum atomic E-state index is 11.8. The van der Waals surface area contributed by atoms with Crippen molar-refractivity contribution in [3.05, 3.63) is 0 Å². The topological polar surface area (TPSA) is 52.6 Å². The zero-order valence-corrected chi connectivity index (χ0v) is 18.9. The lowest BCUT2D eigenvalue weighted by Gasteiger charge is -2.13. The molecule has 0 saturated carbocycles. The van der Waals surface area contributed by atoms with Gasteiger partial charge in [0.25, 0.3) is 0 Å². The predicted octanol–water partition coefficient (Wildman–Crippen LogP) is 7.13. The van der Waals surface area contributed by atoms with Crippen molar-refractivity contribution in [2.24, 2.45) is 0 Å². The first-order valence-corrected chi connectivity index (χ1v) is 11.9. The van der Waals surface area contributed by atoms with Crippen molar-refractivity contribution in [3.63, 3.8) is 0 Å². The molecule has 0 aromatic rings.